The number of thiophene rings is 1. The van der Waals surface area contributed by atoms with Crippen molar-refractivity contribution in [3.05, 3.63) is 109 Å². The predicted octanol–water partition coefficient (Wildman–Crippen LogP) is 7.89. The highest BCUT2D eigenvalue weighted by Gasteiger charge is 2.01. The maximum atomic E-state index is 2.19. The molecule has 0 spiro atoms. The van der Waals surface area contributed by atoms with E-state index in [1.54, 1.807) is 11.8 Å². The standard InChI is InChI=1S/C12H8S.C12H10S/c1-3-7-11-9(5-1)10-6-2-4-8-12(10)13-11;1-3-7-11(8-4-1)13-12-9-5-2-6-10-12/h1-8H;1-10H. The van der Waals surface area contributed by atoms with E-state index in [-0.39, 0.29) is 0 Å². The number of hydrogen-bond donors (Lipinski definition) is 0. The highest BCUT2D eigenvalue weighted by atomic mass is 32.2. The lowest BCUT2D eigenvalue weighted by Gasteiger charge is -1.99. The fourth-order valence-corrected chi connectivity index (χ4v) is 4.75. The van der Waals surface area contributed by atoms with Crippen LogP contribution in [-0.4, -0.2) is 0 Å². The Hall–Kier alpha value is -2.55. The van der Waals surface area contributed by atoms with E-state index in [2.05, 4.69) is 97.1 Å². The smallest absolute Gasteiger partial charge is 0.0355 e. The van der Waals surface area contributed by atoms with Crippen LogP contribution in [0.3, 0.4) is 0 Å². The van der Waals surface area contributed by atoms with Crippen molar-refractivity contribution in [1.29, 1.82) is 0 Å². The van der Waals surface area contributed by atoms with Gasteiger partial charge in [0.25, 0.3) is 0 Å². The van der Waals surface area contributed by atoms with Gasteiger partial charge in [-0.25, -0.2) is 0 Å². The molecule has 0 aliphatic heterocycles. The topological polar surface area (TPSA) is 0 Å². The first-order valence-electron chi connectivity index (χ1n) is 8.54. The summed E-state index contributed by atoms with van der Waals surface area (Å²) in [4.78, 5) is 2.57. The maximum absolute atomic E-state index is 2.19. The quantitative estimate of drug-likeness (QED) is 0.304. The third-order valence-electron chi connectivity index (χ3n) is 4.01. The predicted molar refractivity (Wildman–Crippen MR) is 116 cm³/mol. The number of fused-ring (bicyclic) bond motifs is 3. The zero-order valence-corrected chi connectivity index (χ0v) is 15.8. The van der Waals surface area contributed by atoms with Crippen molar-refractivity contribution in [3.8, 4) is 0 Å². The molecule has 4 aromatic carbocycles. The number of hydrogen-bond acceptors (Lipinski definition) is 2. The van der Waals surface area contributed by atoms with Crippen molar-refractivity contribution in [3.63, 3.8) is 0 Å². The average molecular weight is 371 g/mol. The van der Waals surface area contributed by atoms with E-state index in [4.69, 9.17) is 0 Å². The van der Waals surface area contributed by atoms with Crippen molar-refractivity contribution in [2.75, 3.05) is 0 Å². The second-order valence-corrected chi connectivity index (χ2v) is 8.05. The molecule has 1 aromatic heterocycles. The van der Waals surface area contributed by atoms with Crippen LogP contribution >= 0.6 is 23.1 Å². The van der Waals surface area contributed by atoms with Gasteiger partial charge in [-0.05, 0) is 36.4 Å². The Morgan fingerprint density at radius 1 is 0.423 bits per heavy atom. The second kappa shape index (κ2) is 8.22. The van der Waals surface area contributed by atoms with E-state index in [9.17, 15) is 0 Å². The van der Waals surface area contributed by atoms with Crippen LogP contribution < -0.4 is 0 Å². The molecule has 0 amide bonds. The molecular formula is C24H18S2. The van der Waals surface area contributed by atoms with Gasteiger partial charge in [0.2, 0.25) is 0 Å². The van der Waals surface area contributed by atoms with E-state index in [1.165, 1.54) is 30.0 Å². The first-order chi connectivity index (χ1) is 12.9. The zero-order valence-electron chi connectivity index (χ0n) is 14.2. The molecule has 26 heavy (non-hydrogen) atoms. The van der Waals surface area contributed by atoms with Crippen LogP contribution in [-0.2, 0) is 0 Å². The Bertz CT molecular complexity index is 1010. The molecule has 2 heteroatoms. The Balaban J connectivity index is 0.000000129. The third kappa shape index (κ3) is 3.98. The minimum absolute atomic E-state index is 1.29. The fourth-order valence-electron chi connectivity index (χ4n) is 2.79. The van der Waals surface area contributed by atoms with E-state index in [1.807, 2.05) is 23.5 Å². The van der Waals surface area contributed by atoms with Gasteiger partial charge in [0, 0.05) is 30.0 Å². The number of rotatable bonds is 2. The van der Waals surface area contributed by atoms with Gasteiger partial charge in [-0.15, -0.1) is 11.3 Å². The minimum Gasteiger partial charge on any atom is -0.135 e. The summed E-state index contributed by atoms with van der Waals surface area (Å²) >= 11 is 3.65. The zero-order chi connectivity index (χ0) is 17.6. The molecule has 0 atom stereocenters. The summed E-state index contributed by atoms with van der Waals surface area (Å²) in [6.45, 7) is 0. The van der Waals surface area contributed by atoms with Crippen LogP contribution in [0.2, 0.25) is 0 Å². The Morgan fingerprint density at radius 2 is 0.808 bits per heavy atom. The summed E-state index contributed by atoms with van der Waals surface area (Å²) in [6.07, 6.45) is 0. The lowest BCUT2D eigenvalue weighted by Crippen LogP contribution is -1.70. The molecule has 0 N–H and O–H groups in total. The lowest BCUT2D eigenvalue weighted by atomic mass is 10.2. The van der Waals surface area contributed by atoms with Crippen molar-refractivity contribution < 1.29 is 0 Å². The van der Waals surface area contributed by atoms with Crippen molar-refractivity contribution in [2.24, 2.45) is 0 Å². The summed E-state index contributed by atoms with van der Waals surface area (Å²) < 4.78 is 2.76. The van der Waals surface area contributed by atoms with Crippen LogP contribution in [0.1, 0.15) is 0 Å². The van der Waals surface area contributed by atoms with Gasteiger partial charge in [-0.2, -0.15) is 0 Å². The van der Waals surface area contributed by atoms with Gasteiger partial charge in [0.15, 0.2) is 0 Å². The monoisotopic (exact) mass is 370 g/mol. The van der Waals surface area contributed by atoms with Crippen LogP contribution in [0.25, 0.3) is 20.2 Å². The number of benzene rings is 4. The third-order valence-corrected chi connectivity index (χ3v) is 6.17. The van der Waals surface area contributed by atoms with Gasteiger partial charge >= 0.3 is 0 Å². The van der Waals surface area contributed by atoms with Gasteiger partial charge in [-0.3, -0.25) is 0 Å². The molecule has 0 radical (unpaired) electrons. The van der Waals surface area contributed by atoms with Crippen LogP contribution in [0.5, 0.6) is 0 Å². The lowest BCUT2D eigenvalue weighted by molar-refractivity contribution is 1.41. The summed E-state index contributed by atoms with van der Waals surface area (Å²) in [5.74, 6) is 0. The Labute approximate surface area is 162 Å². The molecule has 0 aliphatic rings. The summed E-state index contributed by atoms with van der Waals surface area (Å²) in [5.41, 5.74) is 0. The SMILES string of the molecule is c1ccc(Sc2ccccc2)cc1.c1ccc2c(c1)sc1ccccc12. The molecular weight excluding hydrogens is 352 g/mol. The average Bonchev–Trinajstić information content (AvgIpc) is 3.09. The molecule has 0 saturated carbocycles. The summed E-state index contributed by atoms with van der Waals surface area (Å²) in [5, 5.41) is 2.76. The molecule has 0 unspecified atom stereocenters. The van der Waals surface area contributed by atoms with Crippen molar-refractivity contribution in [2.45, 2.75) is 9.79 Å². The van der Waals surface area contributed by atoms with Gasteiger partial charge in [-0.1, -0.05) is 84.6 Å². The molecule has 0 nitrogen and oxygen atoms in total. The van der Waals surface area contributed by atoms with Gasteiger partial charge in [0.05, 0.1) is 0 Å². The maximum Gasteiger partial charge on any atom is 0.0355 e. The molecule has 5 aromatic rings. The Morgan fingerprint density at radius 3 is 1.27 bits per heavy atom. The minimum atomic E-state index is 1.29. The van der Waals surface area contributed by atoms with Crippen LogP contribution in [0.15, 0.2) is 119 Å². The molecule has 0 aliphatic carbocycles. The van der Waals surface area contributed by atoms with Crippen molar-refractivity contribution >= 4 is 43.3 Å². The summed E-state index contributed by atoms with van der Waals surface area (Å²) in [6, 6.07) is 37.9. The molecule has 0 bridgehead atoms. The molecule has 0 fully saturated rings. The first kappa shape index (κ1) is 16.9. The molecule has 0 saturated heterocycles. The summed E-state index contributed by atoms with van der Waals surface area (Å²) in [7, 11) is 0. The van der Waals surface area contributed by atoms with Crippen molar-refractivity contribution in [1.82, 2.24) is 0 Å². The second-order valence-electron chi connectivity index (χ2n) is 5.82. The fraction of sp³-hybridized carbons (Fsp3) is 0. The van der Waals surface area contributed by atoms with E-state index in [0.29, 0.717) is 0 Å². The van der Waals surface area contributed by atoms with E-state index < -0.39 is 0 Å². The van der Waals surface area contributed by atoms with E-state index >= 15 is 0 Å². The first-order valence-corrected chi connectivity index (χ1v) is 10.2. The Kier molecular flexibility index (Phi) is 5.34. The van der Waals surface area contributed by atoms with Crippen LogP contribution in [0, 0.1) is 0 Å². The molecule has 5 rings (SSSR count). The highest BCUT2D eigenvalue weighted by Crippen LogP contribution is 2.32. The largest absolute Gasteiger partial charge is 0.135 e. The highest BCUT2D eigenvalue weighted by molar-refractivity contribution is 7.99. The molecule has 1 heterocycles. The van der Waals surface area contributed by atoms with Crippen LogP contribution in [0.4, 0.5) is 0 Å². The van der Waals surface area contributed by atoms with Gasteiger partial charge in [0.1, 0.15) is 0 Å². The van der Waals surface area contributed by atoms with E-state index in [0.717, 1.165) is 0 Å². The normalized spacial score (nSPS) is 10.5. The van der Waals surface area contributed by atoms with Gasteiger partial charge < -0.3 is 0 Å². The molecule has 126 valence electrons.